The van der Waals surface area contributed by atoms with Gasteiger partial charge in [-0.3, -0.25) is 0 Å². The number of para-hydroxylation sites is 3. The molecule has 0 saturated carbocycles. The molecule has 4 nitrogen and oxygen atoms in total. The van der Waals surface area contributed by atoms with Gasteiger partial charge in [0.05, 0.1) is 17.6 Å². The number of fused-ring (bicyclic) bond motifs is 1. The van der Waals surface area contributed by atoms with Crippen LogP contribution >= 0.6 is 0 Å². The zero-order chi connectivity index (χ0) is 20.1. The van der Waals surface area contributed by atoms with Gasteiger partial charge in [0.15, 0.2) is 0 Å². The number of ether oxygens (including phenoxy) is 2. The van der Waals surface area contributed by atoms with Crippen molar-refractivity contribution in [2.45, 2.75) is 32.9 Å². The molecule has 0 aliphatic heterocycles. The highest BCUT2D eigenvalue weighted by Crippen LogP contribution is 2.21. The molecule has 0 amide bonds. The second-order valence-electron chi connectivity index (χ2n) is 7.34. The van der Waals surface area contributed by atoms with E-state index in [0.717, 1.165) is 28.4 Å². The fourth-order valence-corrected chi connectivity index (χ4v) is 3.35. The number of benzene rings is 3. The van der Waals surface area contributed by atoms with Crippen LogP contribution in [-0.2, 0) is 13.2 Å². The first kappa shape index (κ1) is 19.1. The average molecular weight is 386 g/mol. The maximum absolute atomic E-state index is 6.04. The Hall–Kier alpha value is -3.27. The van der Waals surface area contributed by atoms with E-state index in [0.29, 0.717) is 25.7 Å². The van der Waals surface area contributed by atoms with Gasteiger partial charge in [-0.05, 0) is 47.9 Å². The molecule has 3 aromatic carbocycles. The van der Waals surface area contributed by atoms with E-state index < -0.39 is 0 Å². The third kappa shape index (κ3) is 4.60. The summed E-state index contributed by atoms with van der Waals surface area (Å²) in [4.78, 5) is 4.78. The van der Waals surface area contributed by atoms with Crippen LogP contribution in [0.1, 0.15) is 31.2 Å². The van der Waals surface area contributed by atoms with Crippen LogP contribution in [0.5, 0.6) is 11.5 Å². The Morgan fingerprint density at radius 2 is 1.48 bits per heavy atom. The number of imidazole rings is 1. The van der Waals surface area contributed by atoms with Crippen molar-refractivity contribution >= 4 is 11.0 Å². The maximum atomic E-state index is 6.04. The Kier molecular flexibility index (Phi) is 5.80. The minimum absolute atomic E-state index is 0.418. The Balaban J connectivity index is 1.48. The van der Waals surface area contributed by atoms with Crippen LogP contribution < -0.4 is 9.47 Å². The Morgan fingerprint density at radius 1 is 0.793 bits per heavy atom. The van der Waals surface area contributed by atoms with E-state index in [1.165, 1.54) is 5.56 Å². The summed E-state index contributed by atoms with van der Waals surface area (Å²) in [6.07, 6.45) is 0. The standard InChI is InChI=1S/C25H26N2O2/c1-19(2)20-12-14-22(15-13-20)29-18-25-26-23-10-6-7-11-24(23)27(25)16-17-28-21-8-4-3-5-9-21/h3-15,19H,16-18H2,1-2H3. The second kappa shape index (κ2) is 8.82. The van der Waals surface area contributed by atoms with Gasteiger partial charge in [-0.2, -0.15) is 0 Å². The van der Waals surface area contributed by atoms with Crippen LogP contribution in [0.4, 0.5) is 0 Å². The SMILES string of the molecule is CC(C)c1ccc(OCc2nc3ccccc3n2CCOc2ccccc2)cc1. The zero-order valence-corrected chi connectivity index (χ0v) is 16.9. The molecule has 0 bridgehead atoms. The summed E-state index contributed by atoms with van der Waals surface area (Å²) >= 11 is 0. The van der Waals surface area contributed by atoms with E-state index >= 15 is 0 Å². The van der Waals surface area contributed by atoms with Gasteiger partial charge < -0.3 is 14.0 Å². The van der Waals surface area contributed by atoms with Crippen LogP contribution in [0, 0.1) is 0 Å². The lowest BCUT2D eigenvalue weighted by Crippen LogP contribution is -2.13. The molecule has 4 aromatic rings. The quantitative estimate of drug-likeness (QED) is 0.383. The monoisotopic (exact) mass is 386 g/mol. The summed E-state index contributed by atoms with van der Waals surface area (Å²) < 4.78 is 14.1. The molecule has 0 aliphatic rings. The highest BCUT2D eigenvalue weighted by Gasteiger charge is 2.11. The summed E-state index contributed by atoms with van der Waals surface area (Å²) in [5, 5.41) is 0. The molecule has 4 rings (SSSR count). The summed E-state index contributed by atoms with van der Waals surface area (Å²) in [5.41, 5.74) is 3.38. The molecule has 148 valence electrons. The molecule has 29 heavy (non-hydrogen) atoms. The molecule has 0 N–H and O–H groups in total. The van der Waals surface area contributed by atoms with Crippen molar-refractivity contribution in [1.82, 2.24) is 9.55 Å². The van der Waals surface area contributed by atoms with Crippen molar-refractivity contribution in [3.63, 3.8) is 0 Å². The van der Waals surface area contributed by atoms with Crippen molar-refractivity contribution in [3.8, 4) is 11.5 Å². The molecule has 0 saturated heterocycles. The number of nitrogens with zero attached hydrogens (tertiary/aromatic N) is 2. The molecule has 1 aromatic heterocycles. The first-order valence-corrected chi connectivity index (χ1v) is 10.1. The fourth-order valence-electron chi connectivity index (χ4n) is 3.35. The first-order valence-electron chi connectivity index (χ1n) is 10.1. The van der Waals surface area contributed by atoms with Crippen molar-refractivity contribution in [2.24, 2.45) is 0 Å². The third-order valence-corrected chi connectivity index (χ3v) is 4.98. The molecule has 0 aliphatic carbocycles. The predicted molar refractivity (Wildman–Crippen MR) is 117 cm³/mol. The maximum Gasteiger partial charge on any atom is 0.148 e. The van der Waals surface area contributed by atoms with Crippen LogP contribution in [-0.4, -0.2) is 16.2 Å². The minimum Gasteiger partial charge on any atom is -0.492 e. The zero-order valence-electron chi connectivity index (χ0n) is 16.9. The van der Waals surface area contributed by atoms with E-state index in [9.17, 15) is 0 Å². The molecule has 0 radical (unpaired) electrons. The summed E-state index contributed by atoms with van der Waals surface area (Å²) in [7, 11) is 0. The molecule has 0 fully saturated rings. The van der Waals surface area contributed by atoms with E-state index in [1.807, 2.05) is 60.7 Å². The van der Waals surface area contributed by atoms with Crippen molar-refractivity contribution in [3.05, 3.63) is 90.3 Å². The van der Waals surface area contributed by atoms with Crippen LogP contribution in [0.15, 0.2) is 78.9 Å². The van der Waals surface area contributed by atoms with Gasteiger partial charge in [0.1, 0.15) is 30.5 Å². The third-order valence-electron chi connectivity index (χ3n) is 4.98. The molecule has 0 atom stereocenters. The fraction of sp³-hybridized carbons (Fsp3) is 0.240. The van der Waals surface area contributed by atoms with Gasteiger partial charge in [0, 0.05) is 0 Å². The van der Waals surface area contributed by atoms with Gasteiger partial charge >= 0.3 is 0 Å². The van der Waals surface area contributed by atoms with Gasteiger partial charge in [0.25, 0.3) is 0 Å². The van der Waals surface area contributed by atoms with Crippen LogP contribution in [0.25, 0.3) is 11.0 Å². The highest BCUT2D eigenvalue weighted by molar-refractivity contribution is 5.75. The summed E-state index contributed by atoms with van der Waals surface area (Å²) in [5.74, 6) is 3.14. The lowest BCUT2D eigenvalue weighted by Gasteiger charge is -2.12. The Morgan fingerprint density at radius 3 is 2.24 bits per heavy atom. The molecule has 0 spiro atoms. The minimum atomic E-state index is 0.418. The second-order valence-corrected chi connectivity index (χ2v) is 7.34. The van der Waals surface area contributed by atoms with Gasteiger partial charge in [-0.25, -0.2) is 4.98 Å². The first-order chi connectivity index (χ1) is 14.2. The average Bonchev–Trinajstić information content (AvgIpc) is 3.11. The molecule has 0 unspecified atom stereocenters. The topological polar surface area (TPSA) is 36.3 Å². The molecular formula is C25H26N2O2. The van der Waals surface area contributed by atoms with E-state index in [1.54, 1.807) is 0 Å². The Bertz CT molecular complexity index is 1050. The summed E-state index contributed by atoms with van der Waals surface area (Å²) in [6.45, 7) is 6.08. The van der Waals surface area contributed by atoms with Gasteiger partial charge in [0.2, 0.25) is 0 Å². The molecule has 1 heterocycles. The van der Waals surface area contributed by atoms with Crippen molar-refractivity contribution in [1.29, 1.82) is 0 Å². The Labute approximate surface area is 171 Å². The molecular weight excluding hydrogens is 360 g/mol. The normalized spacial score (nSPS) is 11.1. The van der Waals surface area contributed by atoms with Crippen LogP contribution in [0.2, 0.25) is 0 Å². The molecule has 4 heteroatoms. The van der Waals surface area contributed by atoms with Crippen molar-refractivity contribution < 1.29 is 9.47 Å². The number of aromatic nitrogens is 2. The van der Waals surface area contributed by atoms with Gasteiger partial charge in [-0.15, -0.1) is 0 Å². The number of rotatable bonds is 8. The largest absolute Gasteiger partial charge is 0.492 e. The smallest absolute Gasteiger partial charge is 0.148 e. The number of hydrogen-bond acceptors (Lipinski definition) is 3. The van der Waals surface area contributed by atoms with E-state index in [4.69, 9.17) is 14.5 Å². The predicted octanol–water partition coefficient (Wildman–Crippen LogP) is 5.82. The van der Waals surface area contributed by atoms with E-state index in [-0.39, 0.29) is 0 Å². The van der Waals surface area contributed by atoms with Crippen molar-refractivity contribution in [2.75, 3.05) is 6.61 Å². The summed E-state index contributed by atoms with van der Waals surface area (Å²) in [6, 6.07) is 26.3. The lowest BCUT2D eigenvalue weighted by atomic mass is 10.0. The number of hydrogen-bond donors (Lipinski definition) is 0. The lowest BCUT2D eigenvalue weighted by molar-refractivity contribution is 0.272. The van der Waals surface area contributed by atoms with Crippen LogP contribution in [0.3, 0.4) is 0 Å². The van der Waals surface area contributed by atoms with Gasteiger partial charge in [-0.1, -0.05) is 56.3 Å². The highest BCUT2D eigenvalue weighted by atomic mass is 16.5. The van der Waals surface area contributed by atoms with E-state index in [2.05, 4.69) is 36.6 Å².